The third kappa shape index (κ3) is 7.29. The SMILES string of the molecule is CN(CCCNC1=CC(=O)c2sc(C(=O)N3CCOCC3)nc2C1=O)CCCNC1=CC(=O)c2sc(C(=O)N3CCOCC3)nc2C1=O. The molecule has 0 atom stereocenters. The van der Waals surface area contributed by atoms with Crippen molar-refractivity contribution < 1.29 is 38.2 Å². The summed E-state index contributed by atoms with van der Waals surface area (Å²) in [5, 5.41) is 6.35. The van der Waals surface area contributed by atoms with E-state index in [4.69, 9.17) is 9.47 Å². The first-order chi connectivity index (χ1) is 23.2. The molecule has 4 heterocycles. The maximum Gasteiger partial charge on any atom is 0.283 e. The molecule has 254 valence electrons. The molecule has 2 N–H and O–H groups in total. The van der Waals surface area contributed by atoms with Crippen LogP contribution in [0.2, 0.25) is 0 Å². The lowest BCUT2D eigenvalue weighted by Gasteiger charge is -2.25. The molecule has 0 radical (unpaired) electrons. The number of morpholine rings is 2. The predicted molar refractivity (Wildman–Crippen MR) is 174 cm³/mol. The first-order valence-corrected chi connectivity index (χ1v) is 17.4. The van der Waals surface area contributed by atoms with Crippen molar-refractivity contribution in [3.63, 3.8) is 0 Å². The fraction of sp³-hybridized carbons (Fsp3) is 0.484. The predicted octanol–water partition coefficient (Wildman–Crippen LogP) is 0.662. The van der Waals surface area contributed by atoms with Gasteiger partial charge in [0.1, 0.15) is 21.1 Å². The van der Waals surface area contributed by atoms with Gasteiger partial charge in [0.05, 0.1) is 37.8 Å². The number of nitrogens with zero attached hydrogens (tertiary/aromatic N) is 5. The van der Waals surface area contributed by atoms with Crippen molar-refractivity contribution in [2.24, 2.45) is 0 Å². The van der Waals surface area contributed by atoms with Crippen molar-refractivity contribution >= 4 is 57.6 Å². The van der Waals surface area contributed by atoms with Crippen molar-refractivity contribution in [1.82, 2.24) is 35.3 Å². The highest BCUT2D eigenvalue weighted by Gasteiger charge is 2.34. The largest absolute Gasteiger partial charge is 0.382 e. The van der Waals surface area contributed by atoms with Gasteiger partial charge in [0, 0.05) is 51.4 Å². The van der Waals surface area contributed by atoms with Gasteiger partial charge in [-0.25, -0.2) is 9.97 Å². The zero-order chi connectivity index (χ0) is 33.8. The Kier molecular flexibility index (Phi) is 10.5. The van der Waals surface area contributed by atoms with Crippen LogP contribution in [-0.2, 0) is 9.47 Å². The van der Waals surface area contributed by atoms with E-state index in [-0.39, 0.29) is 65.9 Å². The smallest absolute Gasteiger partial charge is 0.283 e. The molecule has 0 saturated carbocycles. The van der Waals surface area contributed by atoms with Gasteiger partial charge in [0.15, 0.2) is 21.6 Å². The summed E-state index contributed by atoms with van der Waals surface area (Å²) in [6.45, 7) is 5.80. The Hall–Kier alpha value is -4.16. The maximum absolute atomic E-state index is 13.0. The molecule has 17 heteroatoms. The van der Waals surface area contributed by atoms with Gasteiger partial charge in [-0.05, 0) is 33.0 Å². The lowest BCUT2D eigenvalue weighted by atomic mass is 10.0. The number of amides is 2. The van der Waals surface area contributed by atoms with Gasteiger partial charge in [-0.2, -0.15) is 0 Å². The van der Waals surface area contributed by atoms with Crippen molar-refractivity contribution in [2.75, 3.05) is 85.8 Å². The van der Waals surface area contributed by atoms with Gasteiger partial charge in [0.25, 0.3) is 11.8 Å². The number of carbonyl (C=O) groups is 6. The van der Waals surface area contributed by atoms with Crippen molar-refractivity contribution in [2.45, 2.75) is 12.8 Å². The molecular formula is C31H35N7O8S2. The zero-order valence-electron chi connectivity index (χ0n) is 26.4. The average molecular weight is 698 g/mol. The second-order valence-corrected chi connectivity index (χ2v) is 13.6. The van der Waals surface area contributed by atoms with E-state index >= 15 is 0 Å². The standard InChI is InChI=1S/C31H35N7O8S2/c1-36(6-2-4-32-18-16-20(39)26-22(24(18)41)34-28(47-26)30(43)37-8-12-45-13-9-37)7-3-5-33-19-17-21(40)27-23(25(19)42)35-29(48-27)31(44)38-10-14-46-15-11-38/h16-17,32-33H,2-15H2,1H3. The molecule has 2 saturated heterocycles. The Morgan fingerprint density at radius 3 is 1.52 bits per heavy atom. The van der Waals surface area contributed by atoms with Crippen LogP contribution in [0.4, 0.5) is 0 Å². The summed E-state index contributed by atoms with van der Waals surface area (Å²) in [6, 6.07) is 0. The Morgan fingerprint density at radius 2 is 1.12 bits per heavy atom. The number of Topliss-reactive ketones (excluding diaryl/α,β-unsaturated/α-hetero) is 2. The van der Waals surface area contributed by atoms with Crippen LogP contribution < -0.4 is 10.6 Å². The first kappa shape index (κ1) is 33.7. The Balaban J connectivity index is 0.912. The van der Waals surface area contributed by atoms with E-state index in [0.717, 1.165) is 22.7 Å². The van der Waals surface area contributed by atoms with Gasteiger partial charge in [-0.3, -0.25) is 28.8 Å². The number of aromatic nitrogens is 2. The summed E-state index contributed by atoms with van der Waals surface area (Å²) >= 11 is 1.90. The molecule has 0 bridgehead atoms. The molecule has 2 aliphatic carbocycles. The first-order valence-electron chi connectivity index (χ1n) is 15.7. The van der Waals surface area contributed by atoms with Crippen LogP contribution in [0.5, 0.6) is 0 Å². The number of hydrogen-bond donors (Lipinski definition) is 2. The minimum atomic E-state index is -0.406. The van der Waals surface area contributed by atoms with Crippen molar-refractivity contribution in [3.05, 3.63) is 54.7 Å². The quantitative estimate of drug-likeness (QED) is 0.296. The van der Waals surface area contributed by atoms with E-state index in [1.54, 1.807) is 9.80 Å². The summed E-state index contributed by atoms with van der Waals surface area (Å²) in [5.74, 6) is -2.12. The minimum absolute atomic E-state index is 0.0115. The molecule has 4 aliphatic rings. The van der Waals surface area contributed by atoms with Crippen LogP contribution in [0.15, 0.2) is 23.5 Å². The summed E-state index contributed by atoms with van der Waals surface area (Å²) in [4.78, 5) is 91.3. The number of thiazole rings is 2. The molecule has 2 aliphatic heterocycles. The van der Waals surface area contributed by atoms with Crippen LogP contribution in [0.1, 0.15) is 72.8 Å². The third-order valence-electron chi connectivity index (χ3n) is 8.20. The van der Waals surface area contributed by atoms with Crippen molar-refractivity contribution in [1.29, 1.82) is 0 Å². The number of ether oxygens (including phenoxy) is 2. The highest BCUT2D eigenvalue weighted by atomic mass is 32.1. The molecule has 0 spiro atoms. The fourth-order valence-corrected chi connectivity index (χ4v) is 7.45. The monoisotopic (exact) mass is 697 g/mol. The second-order valence-electron chi connectivity index (χ2n) is 11.6. The third-order valence-corrected chi connectivity index (χ3v) is 10.3. The van der Waals surface area contributed by atoms with Gasteiger partial charge in [-0.1, -0.05) is 0 Å². The zero-order valence-corrected chi connectivity index (χ0v) is 28.0. The summed E-state index contributed by atoms with van der Waals surface area (Å²) < 4.78 is 10.6. The normalized spacial score (nSPS) is 18.0. The summed E-state index contributed by atoms with van der Waals surface area (Å²) in [7, 11) is 1.95. The number of hydrogen-bond acceptors (Lipinski definition) is 15. The summed E-state index contributed by atoms with van der Waals surface area (Å²) in [6.07, 6.45) is 3.91. The molecule has 2 aromatic heterocycles. The molecule has 2 fully saturated rings. The number of rotatable bonds is 12. The van der Waals surface area contributed by atoms with Gasteiger partial charge < -0.3 is 34.8 Å². The highest BCUT2D eigenvalue weighted by Crippen LogP contribution is 2.28. The van der Waals surface area contributed by atoms with E-state index in [1.807, 2.05) is 7.05 Å². The lowest BCUT2D eigenvalue weighted by molar-refractivity contribution is 0.0301. The van der Waals surface area contributed by atoms with E-state index in [9.17, 15) is 28.8 Å². The Morgan fingerprint density at radius 1 is 0.729 bits per heavy atom. The van der Waals surface area contributed by atoms with Gasteiger partial charge >= 0.3 is 0 Å². The van der Waals surface area contributed by atoms with Crippen LogP contribution in [0.3, 0.4) is 0 Å². The van der Waals surface area contributed by atoms with Gasteiger partial charge in [-0.15, -0.1) is 22.7 Å². The molecule has 2 amide bonds. The molecule has 48 heavy (non-hydrogen) atoms. The number of nitrogens with one attached hydrogen (secondary N) is 2. The molecule has 0 aromatic carbocycles. The van der Waals surface area contributed by atoms with E-state index < -0.39 is 11.6 Å². The maximum atomic E-state index is 13.0. The summed E-state index contributed by atoms with van der Waals surface area (Å²) in [5.41, 5.74) is 0.349. The second kappa shape index (κ2) is 14.9. The Labute approximate surface area is 284 Å². The van der Waals surface area contributed by atoms with E-state index in [1.165, 1.54) is 12.2 Å². The number of carbonyl (C=O) groups excluding carboxylic acids is 6. The number of ketones is 4. The molecule has 0 unspecified atom stereocenters. The molecular weight excluding hydrogens is 663 g/mol. The highest BCUT2D eigenvalue weighted by molar-refractivity contribution is 7.16. The van der Waals surface area contributed by atoms with Crippen LogP contribution in [0.25, 0.3) is 0 Å². The van der Waals surface area contributed by atoms with Crippen molar-refractivity contribution in [3.8, 4) is 0 Å². The Bertz CT molecular complexity index is 1580. The molecule has 15 nitrogen and oxygen atoms in total. The van der Waals surface area contributed by atoms with Crippen LogP contribution in [-0.4, -0.2) is 145 Å². The minimum Gasteiger partial charge on any atom is -0.382 e. The number of allylic oxidation sites excluding steroid dienone is 4. The molecule has 2 aromatic rings. The van der Waals surface area contributed by atoms with E-state index in [2.05, 4.69) is 25.5 Å². The van der Waals surface area contributed by atoms with Crippen LogP contribution in [0, 0.1) is 0 Å². The van der Waals surface area contributed by atoms with E-state index in [0.29, 0.717) is 91.6 Å². The average Bonchev–Trinajstić information content (AvgIpc) is 3.77. The van der Waals surface area contributed by atoms with Gasteiger partial charge in [0.2, 0.25) is 11.6 Å². The molecule has 6 rings (SSSR count). The van der Waals surface area contributed by atoms with Crippen LogP contribution >= 0.6 is 22.7 Å². The fourth-order valence-electron chi connectivity index (χ4n) is 5.57. The lowest BCUT2D eigenvalue weighted by Crippen LogP contribution is -2.40. The number of fused-ring (bicyclic) bond motifs is 2. The topological polar surface area (TPSA) is 180 Å².